The Bertz CT molecular complexity index is 1070. The Morgan fingerprint density at radius 2 is 2.04 bits per heavy atom. The van der Waals surface area contributed by atoms with E-state index < -0.39 is 0 Å². The molecule has 0 aliphatic rings. The number of nitrogens with zero attached hydrogens (tertiary/aromatic N) is 3. The molecule has 0 saturated heterocycles. The molecule has 4 rings (SSSR count). The van der Waals surface area contributed by atoms with E-state index in [1.54, 1.807) is 17.7 Å². The zero-order valence-electron chi connectivity index (χ0n) is 14.4. The van der Waals surface area contributed by atoms with Crippen LogP contribution < -0.4 is 5.43 Å². The van der Waals surface area contributed by atoms with Crippen molar-refractivity contribution in [2.24, 2.45) is 5.10 Å². The molecule has 4 aromatic rings. The van der Waals surface area contributed by atoms with Gasteiger partial charge in [0.15, 0.2) is 5.82 Å². The zero-order valence-corrected chi connectivity index (χ0v) is 15.2. The van der Waals surface area contributed by atoms with Gasteiger partial charge in [-0.1, -0.05) is 32.0 Å². The Kier molecular flexibility index (Phi) is 3.97. The summed E-state index contributed by atoms with van der Waals surface area (Å²) >= 11 is 1.66. The van der Waals surface area contributed by atoms with Crippen molar-refractivity contribution in [3.8, 4) is 0 Å². The van der Waals surface area contributed by atoms with Crippen molar-refractivity contribution in [1.29, 1.82) is 0 Å². The lowest BCUT2D eigenvalue weighted by atomic mass is 10.0. The van der Waals surface area contributed by atoms with Gasteiger partial charge in [-0.15, -0.1) is 11.3 Å². The van der Waals surface area contributed by atoms with Crippen molar-refractivity contribution in [3.05, 3.63) is 52.8 Å². The number of aromatic amines is 1. The van der Waals surface area contributed by atoms with Crippen molar-refractivity contribution in [2.45, 2.75) is 26.7 Å². The summed E-state index contributed by atoms with van der Waals surface area (Å²) in [6.07, 6.45) is 3.45. The van der Waals surface area contributed by atoms with Crippen LogP contribution in [-0.2, 0) is 0 Å². The van der Waals surface area contributed by atoms with E-state index in [0.717, 1.165) is 27.1 Å². The van der Waals surface area contributed by atoms with E-state index in [-0.39, 0.29) is 0 Å². The Hall–Kier alpha value is -2.73. The van der Waals surface area contributed by atoms with Crippen LogP contribution in [0.1, 0.15) is 35.9 Å². The van der Waals surface area contributed by atoms with Crippen molar-refractivity contribution >= 4 is 44.5 Å². The van der Waals surface area contributed by atoms with Gasteiger partial charge in [-0.25, -0.2) is 9.97 Å². The largest absolute Gasteiger partial charge is 0.358 e. The molecule has 3 heterocycles. The van der Waals surface area contributed by atoms with E-state index >= 15 is 0 Å². The number of hydrogen-bond donors (Lipinski definition) is 2. The summed E-state index contributed by atoms with van der Waals surface area (Å²) in [5.74, 6) is 1.12. The summed E-state index contributed by atoms with van der Waals surface area (Å²) in [5, 5.41) is 6.64. The van der Waals surface area contributed by atoms with E-state index in [1.165, 1.54) is 16.0 Å². The molecule has 0 atom stereocenters. The average molecular weight is 349 g/mol. The molecule has 1 aromatic carbocycles. The molecule has 0 bridgehead atoms. The molecule has 0 aliphatic heterocycles. The SMILES string of the molecule is Cc1cc2c(NN=Cc3c(C(C)C)[nH]c4ccccc34)ncnc2s1. The first-order valence-corrected chi connectivity index (χ1v) is 9.06. The van der Waals surface area contributed by atoms with Gasteiger partial charge >= 0.3 is 0 Å². The molecule has 126 valence electrons. The molecule has 0 radical (unpaired) electrons. The monoisotopic (exact) mass is 349 g/mol. The standard InChI is InChI=1S/C19H19N5S/c1-11(2)17-15(13-6-4-5-7-16(13)23-17)9-22-24-18-14-8-12(3)25-19(14)21-10-20-18/h4-11,23H,1-3H3,(H,20,21,24). The van der Waals surface area contributed by atoms with Gasteiger partial charge in [-0.3, -0.25) is 5.43 Å². The lowest BCUT2D eigenvalue weighted by molar-refractivity contribution is 0.835. The fraction of sp³-hybridized carbons (Fsp3) is 0.211. The van der Waals surface area contributed by atoms with Crippen LogP contribution in [0.5, 0.6) is 0 Å². The predicted molar refractivity (Wildman–Crippen MR) is 106 cm³/mol. The molecule has 0 spiro atoms. The van der Waals surface area contributed by atoms with Gasteiger partial charge in [0, 0.05) is 27.0 Å². The molecule has 3 aromatic heterocycles. The minimum Gasteiger partial charge on any atom is -0.358 e. The molecule has 0 aliphatic carbocycles. The van der Waals surface area contributed by atoms with Crippen molar-refractivity contribution < 1.29 is 0 Å². The number of benzene rings is 1. The smallest absolute Gasteiger partial charge is 0.158 e. The summed E-state index contributed by atoms with van der Waals surface area (Å²) in [7, 11) is 0. The van der Waals surface area contributed by atoms with E-state index in [1.807, 2.05) is 18.3 Å². The van der Waals surface area contributed by atoms with Gasteiger partial charge in [-0.05, 0) is 25.0 Å². The summed E-state index contributed by atoms with van der Waals surface area (Å²) < 4.78 is 0. The molecule has 5 nitrogen and oxygen atoms in total. The quantitative estimate of drug-likeness (QED) is 0.400. The number of hydrazone groups is 1. The average Bonchev–Trinajstić information content (AvgIpc) is 3.15. The van der Waals surface area contributed by atoms with Gasteiger partial charge < -0.3 is 4.98 Å². The molecule has 0 saturated carbocycles. The molecular weight excluding hydrogens is 330 g/mol. The maximum absolute atomic E-state index is 4.46. The third-order valence-electron chi connectivity index (χ3n) is 4.17. The number of H-pyrrole nitrogens is 1. The highest BCUT2D eigenvalue weighted by atomic mass is 32.1. The highest BCUT2D eigenvalue weighted by Gasteiger charge is 2.12. The normalized spacial score (nSPS) is 12.0. The number of hydrogen-bond acceptors (Lipinski definition) is 5. The molecule has 0 unspecified atom stereocenters. The maximum atomic E-state index is 4.46. The van der Waals surface area contributed by atoms with Crippen LogP contribution in [0.25, 0.3) is 21.1 Å². The van der Waals surface area contributed by atoms with Gasteiger partial charge in [0.2, 0.25) is 0 Å². The van der Waals surface area contributed by atoms with Crippen LogP contribution in [0.2, 0.25) is 0 Å². The first kappa shape index (κ1) is 15.8. The van der Waals surface area contributed by atoms with Crippen LogP contribution in [0, 0.1) is 6.92 Å². The zero-order chi connectivity index (χ0) is 17.4. The summed E-state index contributed by atoms with van der Waals surface area (Å²) in [6.45, 7) is 6.43. The summed E-state index contributed by atoms with van der Waals surface area (Å²) in [6, 6.07) is 10.4. The number of aryl methyl sites for hydroxylation is 1. The highest BCUT2D eigenvalue weighted by molar-refractivity contribution is 7.18. The Morgan fingerprint density at radius 3 is 2.88 bits per heavy atom. The maximum Gasteiger partial charge on any atom is 0.158 e. The number of rotatable bonds is 4. The molecule has 0 amide bonds. The Labute approximate surface area is 149 Å². The predicted octanol–water partition coefficient (Wildman–Crippen LogP) is 5.05. The van der Waals surface area contributed by atoms with E-state index in [9.17, 15) is 0 Å². The van der Waals surface area contributed by atoms with Crippen LogP contribution in [0.4, 0.5) is 5.82 Å². The lowest BCUT2D eigenvalue weighted by Crippen LogP contribution is -1.97. The van der Waals surface area contributed by atoms with Gasteiger partial charge in [0.25, 0.3) is 0 Å². The first-order chi connectivity index (χ1) is 12.1. The molecule has 25 heavy (non-hydrogen) atoms. The first-order valence-electron chi connectivity index (χ1n) is 8.24. The number of thiophene rings is 1. The van der Waals surface area contributed by atoms with Crippen molar-refractivity contribution in [3.63, 3.8) is 0 Å². The van der Waals surface area contributed by atoms with Crippen molar-refractivity contribution in [1.82, 2.24) is 15.0 Å². The molecule has 6 heteroatoms. The van der Waals surface area contributed by atoms with Crippen LogP contribution >= 0.6 is 11.3 Å². The van der Waals surface area contributed by atoms with E-state index in [0.29, 0.717) is 5.92 Å². The van der Waals surface area contributed by atoms with Gasteiger partial charge in [0.1, 0.15) is 11.2 Å². The second kappa shape index (κ2) is 6.29. The third-order valence-corrected chi connectivity index (χ3v) is 5.13. The van der Waals surface area contributed by atoms with Crippen molar-refractivity contribution in [2.75, 3.05) is 5.43 Å². The number of para-hydroxylation sites is 1. The van der Waals surface area contributed by atoms with Crippen LogP contribution in [0.3, 0.4) is 0 Å². The summed E-state index contributed by atoms with van der Waals surface area (Å²) in [4.78, 5) is 14.3. The minimum atomic E-state index is 0.388. The highest BCUT2D eigenvalue weighted by Crippen LogP contribution is 2.28. The third kappa shape index (κ3) is 2.89. The van der Waals surface area contributed by atoms with Gasteiger partial charge in [0.05, 0.1) is 11.6 Å². The van der Waals surface area contributed by atoms with Gasteiger partial charge in [-0.2, -0.15) is 5.10 Å². The topological polar surface area (TPSA) is 66.0 Å². The summed E-state index contributed by atoms with van der Waals surface area (Å²) in [5.41, 5.74) is 6.51. The minimum absolute atomic E-state index is 0.388. The molecule has 2 N–H and O–H groups in total. The molecule has 0 fully saturated rings. The number of aromatic nitrogens is 3. The van der Waals surface area contributed by atoms with Crippen LogP contribution in [0.15, 0.2) is 41.8 Å². The van der Waals surface area contributed by atoms with Crippen LogP contribution in [-0.4, -0.2) is 21.2 Å². The van der Waals surface area contributed by atoms with E-state index in [4.69, 9.17) is 0 Å². The second-order valence-electron chi connectivity index (χ2n) is 6.32. The second-order valence-corrected chi connectivity index (χ2v) is 7.56. The number of fused-ring (bicyclic) bond motifs is 2. The fourth-order valence-corrected chi connectivity index (χ4v) is 3.85. The molecular formula is C19H19N5S. The fourth-order valence-electron chi connectivity index (χ4n) is 3.00. The lowest BCUT2D eigenvalue weighted by Gasteiger charge is -2.04. The number of anilines is 1. The Balaban J connectivity index is 1.70. The van der Waals surface area contributed by atoms with E-state index in [2.05, 4.69) is 64.4 Å². The number of nitrogens with one attached hydrogen (secondary N) is 2. The Morgan fingerprint density at radius 1 is 1.20 bits per heavy atom.